The van der Waals surface area contributed by atoms with E-state index >= 15 is 0 Å². The highest BCUT2D eigenvalue weighted by atomic mass is 31.2. The molecule has 0 aliphatic heterocycles. The van der Waals surface area contributed by atoms with Gasteiger partial charge in [0.15, 0.2) is 0 Å². The monoisotopic (exact) mass is 328 g/mol. The van der Waals surface area contributed by atoms with Crippen LogP contribution in [0.3, 0.4) is 0 Å². The Balaban J connectivity index is 2.64. The van der Waals surface area contributed by atoms with Crippen LogP contribution in [-0.4, -0.2) is 17.6 Å². The lowest BCUT2D eigenvalue weighted by molar-refractivity contribution is -0.144. The average Bonchev–Trinajstić information content (AvgIpc) is 2.37. The third-order valence-corrected chi connectivity index (χ3v) is 3.07. The van der Waals surface area contributed by atoms with Crippen LogP contribution in [0, 0.1) is 0 Å². The van der Waals surface area contributed by atoms with Crippen molar-refractivity contribution in [3.63, 3.8) is 0 Å². The first-order chi connectivity index (χ1) is 10.1. The molecule has 0 bridgehead atoms. The Morgan fingerprint density at radius 3 is 2.45 bits per heavy atom. The molecule has 122 valence electrons. The number of benzene rings is 1. The minimum absolute atomic E-state index is 0.232. The topological polar surface area (TPSA) is 99.9 Å². The summed E-state index contributed by atoms with van der Waals surface area (Å²) in [6, 6.07) is 7.14. The molecule has 1 unspecified atom stereocenters. The van der Waals surface area contributed by atoms with Crippen molar-refractivity contribution >= 4 is 13.7 Å². The fourth-order valence-electron chi connectivity index (χ4n) is 1.26. The summed E-state index contributed by atoms with van der Waals surface area (Å²) in [7, 11) is -4.09. The number of nitrogens with two attached hydrogens (primary N) is 1. The Labute approximate surface area is 130 Å². The number of carbonyl (C=O) groups excluding carboxylic acids is 1. The molecule has 0 saturated heterocycles. The van der Waals surface area contributed by atoms with E-state index in [2.05, 4.69) is 12.1 Å². The molecular formula is C14H21N2O5P. The van der Waals surface area contributed by atoms with E-state index in [9.17, 15) is 9.36 Å². The molecule has 8 heteroatoms. The Kier molecular flexibility index (Phi) is 6.32. The summed E-state index contributed by atoms with van der Waals surface area (Å²) in [6.07, 6.45) is 1.25. The molecule has 0 aliphatic carbocycles. The van der Waals surface area contributed by atoms with Gasteiger partial charge in [-0.1, -0.05) is 24.3 Å². The van der Waals surface area contributed by atoms with Gasteiger partial charge in [-0.3, -0.25) is 4.84 Å². The Bertz CT molecular complexity index is 556. The molecule has 0 aromatic heterocycles. The van der Waals surface area contributed by atoms with Crippen LogP contribution in [0.1, 0.15) is 20.8 Å². The molecule has 0 heterocycles. The minimum Gasteiger partial charge on any atom is -0.405 e. The van der Waals surface area contributed by atoms with Gasteiger partial charge in [-0.05, 0) is 32.9 Å². The van der Waals surface area contributed by atoms with Gasteiger partial charge in [0.1, 0.15) is 11.8 Å². The van der Waals surface area contributed by atoms with Crippen LogP contribution in [0.15, 0.2) is 43.0 Å². The van der Waals surface area contributed by atoms with Crippen LogP contribution in [0.2, 0.25) is 0 Å². The SMILES string of the molecule is C=C[C@H](NOC(C)(C)C)C(=O)OP(N)(=O)Oc1ccccc1. The predicted octanol–water partition coefficient (Wildman–Crippen LogP) is 2.55. The van der Waals surface area contributed by atoms with Gasteiger partial charge in [-0.25, -0.2) is 14.9 Å². The molecule has 0 amide bonds. The van der Waals surface area contributed by atoms with Crippen LogP contribution in [0.5, 0.6) is 5.75 Å². The van der Waals surface area contributed by atoms with Gasteiger partial charge >= 0.3 is 13.7 Å². The number of hydrogen-bond donors (Lipinski definition) is 2. The maximum absolute atomic E-state index is 12.0. The van der Waals surface area contributed by atoms with Crippen molar-refractivity contribution in [1.82, 2.24) is 5.48 Å². The van der Waals surface area contributed by atoms with Gasteiger partial charge in [0.2, 0.25) is 0 Å². The second-order valence-corrected chi connectivity index (χ2v) is 6.84. The second kappa shape index (κ2) is 7.56. The number of rotatable bonds is 7. The van der Waals surface area contributed by atoms with E-state index in [-0.39, 0.29) is 5.75 Å². The number of para-hydroxylation sites is 1. The largest absolute Gasteiger partial charge is 0.512 e. The maximum Gasteiger partial charge on any atom is 0.512 e. The van der Waals surface area contributed by atoms with E-state index in [1.807, 2.05) is 0 Å². The zero-order chi connectivity index (χ0) is 16.8. The van der Waals surface area contributed by atoms with Crippen molar-refractivity contribution in [2.75, 3.05) is 0 Å². The summed E-state index contributed by atoms with van der Waals surface area (Å²) < 4.78 is 21.7. The summed E-state index contributed by atoms with van der Waals surface area (Å²) in [5.74, 6) is -0.684. The standard InChI is InChI=1S/C14H21N2O5P/c1-5-12(16-21-14(2,3)4)13(17)20-22(15,18)19-11-9-7-6-8-10-11/h5-10,12,16H,1H2,2-4H3,(H2,15,18)/t12-,22?/m0/s1. The fraction of sp³-hybridized carbons (Fsp3) is 0.357. The summed E-state index contributed by atoms with van der Waals surface area (Å²) >= 11 is 0. The molecule has 7 nitrogen and oxygen atoms in total. The molecule has 22 heavy (non-hydrogen) atoms. The van der Waals surface area contributed by atoms with Gasteiger partial charge in [0.05, 0.1) is 5.60 Å². The second-order valence-electron chi connectivity index (χ2n) is 5.40. The van der Waals surface area contributed by atoms with Crippen LogP contribution in [0.25, 0.3) is 0 Å². The van der Waals surface area contributed by atoms with Crippen LogP contribution < -0.4 is 15.5 Å². The highest BCUT2D eigenvalue weighted by Crippen LogP contribution is 2.40. The van der Waals surface area contributed by atoms with Gasteiger partial charge in [0.25, 0.3) is 0 Å². The van der Waals surface area contributed by atoms with Crippen LogP contribution in [0.4, 0.5) is 0 Å². The van der Waals surface area contributed by atoms with Gasteiger partial charge in [0, 0.05) is 0 Å². The van der Waals surface area contributed by atoms with Crippen LogP contribution >= 0.6 is 7.75 Å². The van der Waals surface area contributed by atoms with E-state index in [0.29, 0.717) is 0 Å². The van der Waals surface area contributed by atoms with Crippen molar-refractivity contribution in [2.24, 2.45) is 5.50 Å². The van der Waals surface area contributed by atoms with Crippen molar-refractivity contribution in [3.8, 4) is 5.75 Å². The Morgan fingerprint density at radius 2 is 1.95 bits per heavy atom. The fourth-order valence-corrected chi connectivity index (χ4v) is 2.08. The normalized spacial score (nSPS) is 15.5. The first kappa shape index (κ1) is 18.4. The Morgan fingerprint density at radius 1 is 1.36 bits per heavy atom. The number of hydroxylamine groups is 1. The van der Waals surface area contributed by atoms with E-state index in [4.69, 9.17) is 19.4 Å². The van der Waals surface area contributed by atoms with E-state index in [1.54, 1.807) is 51.1 Å². The number of carbonyl (C=O) groups is 1. The number of hydrogen-bond acceptors (Lipinski definition) is 6. The van der Waals surface area contributed by atoms with Crippen molar-refractivity contribution in [3.05, 3.63) is 43.0 Å². The maximum atomic E-state index is 12.0. The molecular weight excluding hydrogens is 307 g/mol. The van der Waals surface area contributed by atoms with Gasteiger partial charge in [-0.2, -0.15) is 5.48 Å². The molecule has 2 atom stereocenters. The lowest BCUT2D eigenvalue weighted by Gasteiger charge is -2.23. The quantitative estimate of drug-likeness (QED) is 0.451. The predicted molar refractivity (Wildman–Crippen MR) is 82.9 cm³/mol. The summed E-state index contributed by atoms with van der Waals surface area (Å²) in [5.41, 5.74) is 7.35. The summed E-state index contributed by atoms with van der Waals surface area (Å²) in [6.45, 7) is 8.85. The lowest BCUT2D eigenvalue weighted by Crippen LogP contribution is -2.41. The molecule has 0 spiro atoms. The summed E-state index contributed by atoms with van der Waals surface area (Å²) in [4.78, 5) is 17.2. The van der Waals surface area contributed by atoms with E-state index in [1.165, 1.54) is 6.08 Å². The molecule has 0 saturated carbocycles. The first-order valence-electron chi connectivity index (χ1n) is 6.56. The highest BCUT2D eigenvalue weighted by molar-refractivity contribution is 7.52. The van der Waals surface area contributed by atoms with Crippen molar-refractivity contribution < 1.29 is 23.2 Å². The van der Waals surface area contributed by atoms with Crippen molar-refractivity contribution in [1.29, 1.82) is 0 Å². The molecule has 1 aromatic rings. The zero-order valence-corrected chi connectivity index (χ0v) is 13.7. The van der Waals surface area contributed by atoms with Gasteiger partial charge in [-0.15, -0.1) is 6.58 Å². The first-order valence-corrected chi connectivity index (χ1v) is 8.17. The molecule has 0 radical (unpaired) electrons. The molecule has 0 aliphatic rings. The molecule has 3 N–H and O–H groups in total. The summed E-state index contributed by atoms with van der Waals surface area (Å²) in [5, 5.41) is 0. The molecule has 1 aromatic carbocycles. The lowest BCUT2D eigenvalue weighted by atomic mass is 10.2. The smallest absolute Gasteiger partial charge is 0.405 e. The van der Waals surface area contributed by atoms with E-state index in [0.717, 1.165) is 0 Å². The van der Waals surface area contributed by atoms with Gasteiger partial charge < -0.3 is 9.05 Å². The highest BCUT2D eigenvalue weighted by Gasteiger charge is 2.30. The Hall–Kier alpha value is -1.66. The van der Waals surface area contributed by atoms with Crippen molar-refractivity contribution in [2.45, 2.75) is 32.4 Å². The van der Waals surface area contributed by atoms with Crippen LogP contribution in [-0.2, 0) is 18.7 Å². The minimum atomic E-state index is -4.09. The third kappa shape index (κ3) is 6.87. The molecule has 1 rings (SSSR count). The van der Waals surface area contributed by atoms with E-state index < -0.39 is 25.4 Å². The average molecular weight is 328 g/mol. The molecule has 0 fully saturated rings. The number of nitrogens with one attached hydrogen (secondary N) is 1. The zero-order valence-electron chi connectivity index (χ0n) is 12.8. The third-order valence-electron chi connectivity index (χ3n) is 2.17.